The number of primary amides is 2. The third kappa shape index (κ3) is 21.6. The Hall–Kier alpha value is -8.10. The first-order valence-corrected chi connectivity index (χ1v) is 57.5. The van der Waals surface area contributed by atoms with Crippen LogP contribution in [0.2, 0.25) is 0 Å². The Morgan fingerprint density at radius 2 is 0.738 bits per heavy atom. The molecule has 18 atom stereocenters. The highest BCUT2D eigenvalue weighted by atomic mass is 32.2. The molecule has 15 rings (SSSR count). The van der Waals surface area contributed by atoms with Gasteiger partial charge >= 0.3 is 18.1 Å². The van der Waals surface area contributed by atoms with Gasteiger partial charge in [-0.2, -0.15) is 0 Å². The predicted octanol–water partition coefficient (Wildman–Crippen LogP) is 7.62. The molecule has 5 saturated heterocycles. The summed E-state index contributed by atoms with van der Waals surface area (Å²) in [5.41, 5.74) is 1.13. The number of nitrogens with zero attached hydrogens (tertiary/aromatic N) is 3. The number of urea groups is 3. The van der Waals surface area contributed by atoms with Crippen LogP contribution in [0.1, 0.15) is 332 Å². The van der Waals surface area contributed by atoms with Crippen molar-refractivity contribution in [2.24, 2.45) is 97.2 Å². The van der Waals surface area contributed by atoms with Crippen LogP contribution in [0.5, 0.6) is 0 Å². The molecule has 15 aliphatic rings. The van der Waals surface area contributed by atoms with Crippen molar-refractivity contribution in [3.8, 4) is 0 Å². The first-order valence-electron chi connectivity index (χ1n) is 52.4. The number of nitrogens with one attached hydrogen (secondary N) is 10. The molecule has 0 spiro atoms. The first kappa shape index (κ1) is 110. The van der Waals surface area contributed by atoms with E-state index in [0.29, 0.717) is 122 Å². The summed E-state index contributed by atoms with van der Waals surface area (Å²) in [6.07, 6.45) is 19.3. The van der Waals surface area contributed by atoms with Crippen molar-refractivity contribution in [2.75, 3.05) is 36.9 Å². The molecule has 0 aromatic rings. The highest BCUT2D eigenvalue weighted by molar-refractivity contribution is 7.93. The summed E-state index contributed by atoms with van der Waals surface area (Å²) in [6, 6.07) is -7.46. The van der Waals surface area contributed by atoms with Gasteiger partial charge in [-0.25, -0.2) is 39.6 Å². The molecule has 141 heavy (non-hydrogen) atoms. The van der Waals surface area contributed by atoms with Crippen LogP contribution in [0.3, 0.4) is 0 Å². The zero-order chi connectivity index (χ0) is 105. The van der Waals surface area contributed by atoms with E-state index in [1.165, 1.54) is 9.80 Å². The van der Waals surface area contributed by atoms with Crippen LogP contribution in [-0.4, -0.2) is 256 Å². The number of carbonyl (C=O) groups excluding carboxylic acids is 15. The zero-order valence-corrected chi connectivity index (χ0v) is 89.9. The van der Waals surface area contributed by atoms with Crippen molar-refractivity contribution in [3.63, 3.8) is 0 Å². The summed E-state index contributed by atoms with van der Waals surface area (Å²) in [5.74, 6) is -8.13. The van der Waals surface area contributed by atoms with E-state index in [9.17, 15) is 97.2 Å². The van der Waals surface area contributed by atoms with Crippen LogP contribution in [0.25, 0.3) is 0 Å². The molecule has 3 unspecified atom stereocenters. The van der Waals surface area contributed by atoms with Crippen LogP contribution in [0.15, 0.2) is 0 Å². The Balaban J connectivity index is 0.000000178. The number of nitrogens with two attached hydrogens (primary N) is 2. The number of amides is 15. The second-order valence-electron chi connectivity index (χ2n) is 51.1. The van der Waals surface area contributed by atoms with Gasteiger partial charge in [-0.15, -0.1) is 0 Å². The molecule has 36 nitrogen and oxygen atoms in total. The van der Waals surface area contributed by atoms with Gasteiger partial charge in [0.15, 0.2) is 29.5 Å². The fraction of sp³-hybridized carbons (Fsp3) is 0.853. The molecule has 0 bridgehead atoms. The molecule has 15 fully saturated rings. The van der Waals surface area contributed by atoms with Gasteiger partial charge in [-0.1, -0.05) is 208 Å². The van der Waals surface area contributed by atoms with E-state index in [1.807, 2.05) is 104 Å². The average Bonchev–Trinajstić information content (AvgIpc) is 1.52. The lowest BCUT2D eigenvalue weighted by Crippen LogP contribution is -2.68. The van der Waals surface area contributed by atoms with Gasteiger partial charge in [-0.05, 0) is 209 Å². The molecule has 0 aromatic heterocycles. The van der Waals surface area contributed by atoms with Crippen molar-refractivity contribution in [1.82, 2.24) is 67.9 Å². The minimum Gasteiger partial charge on any atom is -0.363 e. The smallest absolute Gasteiger partial charge is 0.315 e. The van der Waals surface area contributed by atoms with Gasteiger partial charge in [0.05, 0.1) is 49.1 Å². The Labute approximate surface area is 834 Å². The van der Waals surface area contributed by atoms with Gasteiger partial charge in [0.1, 0.15) is 52.9 Å². The third-order valence-corrected chi connectivity index (χ3v) is 43.8. The van der Waals surface area contributed by atoms with Gasteiger partial charge in [0.2, 0.25) is 52.8 Å². The number of hydrogen-bond donors (Lipinski definition) is 12. The quantitative estimate of drug-likeness (QED) is 0.0308. The fourth-order valence-corrected chi connectivity index (χ4v) is 33.2. The normalized spacial score (nSPS) is 33.0. The second-order valence-corrected chi connectivity index (χ2v) is 58.5. The maximum atomic E-state index is 14.6. The van der Waals surface area contributed by atoms with E-state index in [0.717, 1.165) is 83.5 Å². The van der Waals surface area contributed by atoms with Crippen molar-refractivity contribution in [3.05, 3.63) is 0 Å². The number of likely N-dealkylation sites (tertiary alicyclic amines) is 3. The SMILES string of the molecule is CCCC1CC(NC(=O)[C@@H]2[C@@H]3[C@H](CN2C(=O)[C@@H](NC(=O)NC2(CS(=O)(=O)C(C)(C)C)CCCCC2)C(C)(C)C)C3(C)C)(C(=O)C(=O)NC2CC2)C1.CC[C@@H]1C[C@@]1(NC(=O)[C@@H]1[C@@H]2[C@H](CN1C(=O)[C@@H](NC(=O)NC1(C3CCCS3(=O)=O)CCCCC1)C(C)(C)C)C2(C)C)C(=O)C(N)=O.CC[C@H]1CC1(NC(=O)[C@@H]1[C@@H]2[C@H](CN1C(=O)[C@@H](NC(=O)NC1(C3CCCS3(=O)=O)CCCCC1)C(C)(C)C)C2(C)C)C(=O)C(N)=O. The Morgan fingerprint density at radius 1 is 0.411 bits per heavy atom. The van der Waals surface area contributed by atoms with E-state index in [4.69, 9.17) is 11.5 Å². The summed E-state index contributed by atoms with van der Waals surface area (Å²) in [5, 5.41) is 28.0. The molecule has 15 amide bonds. The minimum absolute atomic E-state index is 0.00611. The molecule has 10 aliphatic carbocycles. The van der Waals surface area contributed by atoms with Crippen LogP contribution in [0, 0.1) is 85.8 Å². The van der Waals surface area contributed by atoms with E-state index in [2.05, 4.69) is 73.9 Å². The van der Waals surface area contributed by atoms with Crippen molar-refractivity contribution < 1.29 is 97.2 Å². The molecule has 0 radical (unpaired) electrons. The zero-order valence-electron chi connectivity index (χ0n) is 87.4. The second kappa shape index (κ2) is 38.9. The molecular formula is C102H165N15O21S3. The molecule has 792 valence electrons. The Kier molecular flexibility index (Phi) is 30.4. The van der Waals surface area contributed by atoms with Gasteiger partial charge < -0.3 is 79.3 Å². The van der Waals surface area contributed by atoms with Gasteiger partial charge in [0, 0.05) is 25.7 Å². The molecule has 39 heteroatoms. The monoisotopic (exact) mass is 2030 g/mol. The average molecular weight is 2030 g/mol. The molecule has 14 N–H and O–H groups in total. The van der Waals surface area contributed by atoms with Crippen LogP contribution >= 0.6 is 0 Å². The summed E-state index contributed by atoms with van der Waals surface area (Å²) < 4.78 is 77.7. The maximum Gasteiger partial charge on any atom is 0.315 e. The lowest BCUT2D eigenvalue weighted by molar-refractivity contribution is -0.151. The highest BCUT2D eigenvalue weighted by Crippen LogP contribution is 2.68. The van der Waals surface area contributed by atoms with Crippen LogP contribution in [0.4, 0.5) is 14.4 Å². The summed E-state index contributed by atoms with van der Waals surface area (Å²) in [4.78, 5) is 207. The largest absolute Gasteiger partial charge is 0.363 e. The minimum atomic E-state index is -3.56. The third-order valence-electron chi connectivity index (χ3n) is 36.2. The van der Waals surface area contributed by atoms with E-state index in [-0.39, 0.29) is 92.8 Å². The van der Waals surface area contributed by atoms with Gasteiger partial charge in [-0.3, -0.25) is 57.5 Å². The number of carbonyl (C=O) groups is 15. The van der Waals surface area contributed by atoms with E-state index >= 15 is 0 Å². The predicted molar refractivity (Wildman–Crippen MR) is 530 cm³/mol. The standard InChI is InChI=1S/C38H63N5O7S.2C32H51N5O7S/c1-10-14-23-19-38(20-23,29(44)31(46)39-24-15-16-24)41-30(45)27-26-25(36(26,8)9)21-43(27)32(47)28(34(2,3)4)40-33(48)42-37(17-12-11-13-18-37)22-51(49,50)35(5,6)7;2*1-7-18-16-32(18,24(38)25(33)39)35-26(40)22-21-19(30(21,5)6)17-37(22)27(41)23(29(2,3)4)34-28(42)36-31(13-9-8-10-14-31)20-12-11-15-45(20,43)44/h23-28H,10-22H2,1-9H3,(H,39,46)(H,41,45)(H2,40,42,48);2*18-23H,7-17H2,1-6H3,(H2,33,39)(H,35,40)(H2,34,36,42)/t23?,25-,26-,27-,28+,38?;18-,19+,20?,21+,22+,23-,32+;18-,19-,20?,21-,22-,23+,32?/m010/s1. The Bertz CT molecular complexity index is 5080. The van der Waals surface area contributed by atoms with E-state index < -0.39 is 219 Å². The topological polar surface area (TPSA) is 541 Å². The number of Topliss-reactive ketones (excluding diaryl/α,β-unsaturated/α-hetero) is 3. The highest BCUT2D eigenvalue weighted by Gasteiger charge is 2.75. The number of hydrogen-bond acceptors (Lipinski definition) is 21. The molecule has 5 heterocycles. The number of sulfone groups is 3. The number of ketones is 3. The summed E-state index contributed by atoms with van der Waals surface area (Å²) in [7, 11) is -10.3. The Morgan fingerprint density at radius 3 is 1.02 bits per heavy atom. The summed E-state index contributed by atoms with van der Waals surface area (Å²) in [6.45, 7) is 40.7. The number of fused-ring (bicyclic) bond motifs is 3. The first-order chi connectivity index (χ1) is 65.1. The van der Waals surface area contributed by atoms with Crippen molar-refractivity contribution in [1.29, 1.82) is 0 Å². The van der Waals surface area contributed by atoms with Crippen LogP contribution in [-0.2, 0) is 87.0 Å². The van der Waals surface area contributed by atoms with Crippen molar-refractivity contribution >= 4 is 118 Å². The lowest BCUT2D eigenvalue weighted by Gasteiger charge is -2.47. The van der Waals surface area contributed by atoms with Gasteiger partial charge in [0.25, 0.3) is 17.7 Å². The maximum absolute atomic E-state index is 14.6. The van der Waals surface area contributed by atoms with E-state index in [1.54, 1.807) is 25.7 Å². The molecule has 5 aliphatic heterocycles. The number of rotatable bonds is 30. The summed E-state index contributed by atoms with van der Waals surface area (Å²) >= 11 is 0. The lowest BCUT2D eigenvalue weighted by atomic mass is 9.64. The molecule has 0 aromatic carbocycles. The fourth-order valence-electron chi connectivity index (χ4n) is 27.0. The van der Waals surface area contributed by atoms with Crippen LogP contribution < -0.4 is 64.6 Å². The molecular weight excluding hydrogens is 1870 g/mol. The number of piperidine rings is 3. The molecule has 10 saturated carbocycles. The van der Waals surface area contributed by atoms with Crippen molar-refractivity contribution in [2.45, 2.75) is 422 Å².